The molecule has 0 radical (unpaired) electrons. The van der Waals surface area contributed by atoms with Gasteiger partial charge in [-0.3, -0.25) is 9.59 Å². The summed E-state index contributed by atoms with van der Waals surface area (Å²) in [4.78, 5) is 26.9. The van der Waals surface area contributed by atoms with Gasteiger partial charge in [0.25, 0.3) is 5.91 Å². The predicted octanol–water partition coefficient (Wildman–Crippen LogP) is 3.30. The Hall–Kier alpha value is -2.83. The highest BCUT2D eigenvalue weighted by atomic mass is 16.5. The second-order valence-electron chi connectivity index (χ2n) is 7.31. The molecule has 1 aliphatic rings. The summed E-state index contributed by atoms with van der Waals surface area (Å²) in [6.07, 6.45) is 1.14. The summed E-state index contributed by atoms with van der Waals surface area (Å²) in [5.74, 6) is 0.820. The highest BCUT2D eigenvalue weighted by molar-refractivity contribution is 5.97. The summed E-state index contributed by atoms with van der Waals surface area (Å²) < 4.78 is 4.95. The Morgan fingerprint density at radius 1 is 1.26 bits per heavy atom. The van der Waals surface area contributed by atoms with Crippen molar-refractivity contribution in [2.24, 2.45) is 5.92 Å². The number of anilines is 1. The topological polar surface area (TPSA) is 95.7 Å². The van der Waals surface area contributed by atoms with E-state index in [0.29, 0.717) is 43.1 Å². The molecule has 1 fully saturated rings. The fourth-order valence-corrected chi connectivity index (χ4v) is 3.25. The highest BCUT2D eigenvalue weighted by Gasteiger charge is 2.29. The summed E-state index contributed by atoms with van der Waals surface area (Å²) in [6, 6.07) is 6.83. The average molecular weight is 371 g/mol. The standard InChI is InChI=1S/C20H25N3O4/c1-12(2)15-4-5-17(24)16(11-15)20(26)23-8-6-14(7-9-23)19(25)21-18-10-13(3)27-22-18/h4-5,10-12,14,24H,6-9H2,1-3H3,(H,21,22,25). The molecule has 0 spiro atoms. The molecule has 2 amide bonds. The summed E-state index contributed by atoms with van der Waals surface area (Å²) in [5, 5.41) is 16.6. The van der Waals surface area contributed by atoms with Gasteiger partial charge in [-0.25, -0.2) is 0 Å². The molecule has 1 aliphatic heterocycles. The maximum atomic E-state index is 12.8. The van der Waals surface area contributed by atoms with E-state index in [1.54, 1.807) is 30.0 Å². The Morgan fingerprint density at radius 3 is 2.56 bits per heavy atom. The van der Waals surface area contributed by atoms with Crippen LogP contribution in [0, 0.1) is 12.8 Å². The number of phenolic OH excluding ortho intramolecular Hbond substituents is 1. The zero-order valence-corrected chi connectivity index (χ0v) is 15.9. The highest BCUT2D eigenvalue weighted by Crippen LogP contribution is 2.27. The van der Waals surface area contributed by atoms with Crippen molar-refractivity contribution in [2.45, 2.75) is 39.5 Å². The Kier molecular flexibility index (Phi) is 5.48. The van der Waals surface area contributed by atoms with Crippen LogP contribution in [0.25, 0.3) is 0 Å². The van der Waals surface area contributed by atoms with Gasteiger partial charge in [0.05, 0.1) is 5.56 Å². The number of hydrogen-bond acceptors (Lipinski definition) is 5. The van der Waals surface area contributed by atoms with Crippen LogP contribution in [0.3, 0.4) is 0 Å². The fraction of sp³-hybridized carbons (Fsp3) is 0.450. The molecule has 7 heteroatoms. The number of aromatic nitrogens is 1. The van der Waals surface area contributed by atoms with Crippen LogP contribution >= 0.6 is 0 Å². The van der Waals surface area contributed by atoms with Crippen molar-refractivity contribution in [1.29, 1.82) is 0 Å². The lowest BCUT2D eigenvalue weighted by molar-refractivity contribution is -0.121. The van der Waals surface area contributed by atoms with Crippen molar-refractivity contribution in [2.75, 3.05) is 18.4 Å². The van der Waals surface area contributed by atoms with Gasteiger partial charge in [0.15, 0.2) is 5.82 Å². The molecule has 0 saturated carbocycles. The van der Waals surface area contributed by atoms with E-state index in [-0.39, 0.29) is 29.4 Å². The van der Waals surface area contributed by atoms with Gasteiger partial charge in [-0.1, -0.05) is 25.1 Å². The third-order valence-corrected chi connectivity index (χ3v) is 4.95. The molecule has 7 nitrogen and oxygen atoms in total. The number of hydrogen-bond donors (Lipinski definition) is 2. The summed E-state index contributed by atoms with van der Waals surface area (Å²) in [7, 11) is 0. The number of likely N-dealkylation sites (tertiary alicyclic amines) is 1. The molecular formula is C20H25N3O4. The van der Waals surface area contributed by atoms with Crippen LogP contribution in [0.5, 0.6) is 5.75 Å². The monoisotopic (exact) mass is 371 g/mol. The number of nitrogens with one attached hydrogen (secondary N) is 1. The van der Waals surface area contributed by atoms with Crippen molar-refractivity contribution < 1.29 is 19.2 Å². The van der Waals surface area contributed by atoms with Gasteiger partial charge in [0.2, 0.25) is 5.91 Å². The molecule has 3 rings (SSSR count). The number of phenols is 1. The van der Waals surface area contributed by atoms with Crippen LogP contribution in [0.4, 0.5) is 5.82 Å². The van der Waals surface area contributed by atoms with Crippen molar-refractivity contribution in [3.63, 3.8) is 0 Å². The van der Waals surface area contributed by atoms with Gasteiger partial charge in [0, 0.05) is 25.1 Å². The van der Waals surface area contributed by atoms with Crippen molar-refractivity contribution in [3.8, 4) is 5.75 Å². The summed E-state index contributed by atoms with van der Waals surface area (Å²) in [5.41, 5.74) is 1.33. The van der Waals surface area contributed by atoms with Crippen LogP contribution in [0.2, 0.25) is 0 Å². The van der Waals surface area contributed by atoms with Crippen LogP contribution < -0.4 is 5.32 Å². The minimum Gasteiger partial charge on any atom is -0.507 e. The molecule has 0 unspecified atom stereocenters. The molecule has 144 valence electrons. The van der Waals surface area contributed by atoms with Gasteiger partial charge in [-0.05, 0) is 43.4 Å². The molecule has 0 atom stereocenters. The Labute approximate surface area is 158 Å². The molecule has 1 aromatic carbocycles. The molecule has 2 heterocycles. The second kappa shape index (κ2) is 7.82. The van der Waals surface area contributed by atoms with Gasteiger partial charge in [-0.15, -0.1) is 0 Å². The number of aryl methyl sites for hydroxylation is 1. The first-order valence-electron chi connectivity index (χ1n) is 9.21. The number of carbonyl (C=O) groups excluding carboxylic acids is 2. The van der Waals surface area contributed by atoms with Crippen LogP contribution in [0.15, 0.2) is 28.8 Å². The summed E-state index contributed by atoms with van der Waals surface area (Å²) >= 11 is 0. The smallest absolute Gasteiger partial charge is 0.257 e. The normalized spacial score (nSPS) is 15.2. The van der Waals surface area contributed by atoms with E-state index in [0.717, 1.165) is 5.56 Å². The lowest BCUT2D eigenvalue weighted by Crippen LogP contribution is -2.41. The van der Waals surface area contributed by atoms with E-state index in [1.807, 2.05) is 19.9 Å². The molecule has 2 N–H and O–H groups in total. The number of aromatic hydroxyl groups is 1. The van der Waals surface area contributed by atoms with Crippen molar-refractivity contribution >= 4 is 17.6 Å². The third kappa shape index (κ3) is 4.30. The molecule has 1 aromatic heterocycles. The number of benzene rings is 1. The first kappa shape index (κ1) is 18.9. The van der Waals surface area contributed by atoms with E-state index >= 15 is 0 Å². The molecular weight excluding hydrogens is 346 g/mol. The van der Waals surface area contributed by atoms with Crippen LogP contribution in [0.1, 0.15) is 54.3 Å². The largest absolute Gasteiger partial charge is 0.507 e. The Morgan fingerprint density at radius 2 is 1.96 bits per heavy atom. The molecule has 0 bridgehead atoms. The van der Waals surface area contributed by atoms with Crippen LogP contribution in [-0.4, -0.2) is 40.1 Å². The minimum absolute atomic E-state index is 0.00864. The number of rotatable bonds is 4. The fourth-order valence-electron chi connectivity index (χ4n) is 3.25. The predicted molar refractivity (Wildman–Crippen MR) is 101 cm³/mol. The van der Waals surface area contributed by atoms with Gasteiger partial charge < -0.3 is 19.8 Å². The first-order valence-corrected chi connectivity index (χ1v) is 9.21. The number of carbonyl (C=O) groups is 2. The summed E-state index contributed by atoms with van der Waals surface area (Å²) in [6.45, 7) is 6.79. The maximum absolute atomic E-state index is 12.8. The first-order chi connectivity index (χ1) is 12.8. The SMILES string of the molecule is Cc1cc(NC(=O)C2CCN(C(=O)c3cc(C(C)C)ccc3O)CC2)no1. The van der Waals surface area contributed by atoms with E-state index in [2.05, 4.69) is 10.5 Å². The van der Waals surface area contributed by atoms with Gasteiger partial charge in [-0.2, -0.15) is 0 Å². The van der Waals surface area contributed by atoms with E-state index < -0.39 is 0 Å². The number of nitrogens with zero attached hydrogens (tertiary/aromatic N) is 2. The number of amides is 2. The average Bonchev–Trinajstić information content (AvgIpc) is 3.06. The lowest BCUT2D eigenvalue weighted by atomic mass is 9.94. The van der Waals surface area contributed by atoms with E-state index in [9.17, 15) is 14.7 Å². The maximum Gasteiger partial charge on any atom is 0.257 e. The zero-order valence-electron chi connectivity index (χ0n) is 15.9. The Bertz CT molecular complexity index is 836. The van der Waals surface area contributed by atoms with Gasteiger partial charge >= 0.3 is 0 Å². The molecule has 2 aromatic rings. The van der Waals surface area contributed by atoms with Crippen molar-refractivity contribution in [3.05, 3.63) is 41.2 Å². The van der Waals surface area contributed by atoms with E-state index in [1.165, 1.54) is 0 Å². The minimum atomic E-state index is -0.194. The van der Waals surface area contributed by atoms with E-state index in [4.69, 9.17) is 4.52 Å². The van der Waals surface area contributed by atoms with Crippen molar-refractivity contribution in [1.82, 2.24) is 10.1 Å². The second-order valence-corrected chi connectivity index (χ2v) is 7.31. The quantitative estimate of drug-likeness (QED) is 0.860. The molecule has 27 heavy (non-hydrogen) atoms. The Balaban J connectivity index is 1.61. The third-order valence-electron chi connectivity index (χ3n) is 4.95. The lowest BCUT2D eigenvalue weighted by Gasteiger charge is -2.31. The van der Waals surface area contributed by atoms with Crippen LogP contribution in [-0.2, 0) is 4.79 Å². The van der Waals surface area contributed by atoms with Gasteiger partial charge in [0.1, 0.15) is 11.5 Å². The molecule has 0 aliphatic carbocycles. The number of piperidine rings is 1. The zero-order chi connectivity index (χ0) is 19.6. The molecule has 1 saturated heterocycles.